The first-order valence-corrected chi connectivity index (χ1v) is 10.4. The molecule has 0 radical (unpaired) electrons. The molecule has 1 aliphatic rings. The molecule has 1 heterocycles. The molecule has 2 aromatic carbocycles. The van der Waals surface area contributed by atoms with Gasteiger partial charge in [-0.25, -0.2) is 0 Å². The third kappa shape index (κ3) is 2.96. The molecule has 5 heteroatoms. The Hall–Kier alpha value is -1.21. The third-order valence-corrected chi connectivity index (χ3v) is 5.97. The molecule has 114 valence electrons. The van der Waals surface area contributed by atoms with E-state index in [1.165, 1.54) is 16.8 Å². The first kappa shape index (κ1) is 15.7. The van der Waals surface area contributed by atoms with E-state index >= 15 is 0 Å². The second-order valence-corrected chi connectivity index (χ2v) is 7.04. The quantitative estimate of drug-likeness (QED) is 0.396. The zero-order chi connectivity index (χ0) is 15.5. The second kappa shape index (κ2) is 6.91. The summed E-state index contributed by atoms with van der Waals surface area (Å²) in [5.74, 6) is 1.21. The average molecular weight is 425 g/mol. The molecule has 2 aromatic rings. The molecule has 3 nitrogen and oxygen atoms in total. The van der Waals surface area contributed by atoms with Crippen LogP contribution in [0.25, 0.3) is 0 Å². The van der Waals surface area contributed by atoms with Crippen LogP contribution in [-0.4, -0.2) is 19.9 Å². The molecule has 0 aromatic heterocycles. The fourth-order valence-corrected chi connectivity index (χ4v) is 4.59. The van der Waals surface area contributed by atoms with E-state index in [0.29, 0.717) is 5.92 Å². The fourth-order valence-electron chi connectivity index (χ4n) is 3.00. The van der Waals surface area contributed by atoms with Crippen LogP contribution in [-0.2, 0) is 6.42 Å². The number of ether oxygens (including phenoxy) is 1. The number of hydrogen-bond acceptors (Lipinski definition) is 4. The van der Waals surface area contributed by atoms with Crippen LogP contribution in [0.3, 0.4) is 0 Å². The van der Waals surface area contributed by atoms with Crippen LogP contribution >= 0.6 is 30.3 Å². The van der Waals surface area contributed by atoms with Gasteiger partial charge >= 0.3 is 0 Å². The Morgan fingerprint density at radius 2 is 2.09 bits per heavy atom. The highest BCUT2D eigenvalue weighted by atomic mass is 127. The van der Waals surface area contributed by atoms with E-state index in [1.54, 1.807) is 16.2 Å². The van der Waals surface area contributed by atoms with Gasteiger partial charge < -0.3 is 9.04 Å². The summed E-state index contributed by atoms with van der Waals surface area (Å²) < 4.78 is 7.47. The van der Waals surface area contributed by atoms with E-state index in [0.717, 1.165) is 30.6 Å². The molecular weight excluding hydrogens is 409 g/mol. The molecule has 0 fully saturated rings. The molecule has 0 saturated heterocycles. The Balaban J connectivity index is 1.91. The molecule has 0 aliphatic carbocycles. The van der Waals surface area contributed by atoms with Gasteiger partial charge in [-0.2, -0.15) is 0 Å². The molecular formula is C17H16INO2S. The minimum absolute atomic E-state index is 0.340. The summed E-state index contributed by atoms with van der Waals surface area (Å²) in [7, 11) is 3.36. The van der Waals surface area contributed by atoms with Gasteiger partial charge in [-0.1, -0.05) is 24.3 Å². The Morgan fingerprint density at radius 3 is 2.73 bits per heavy atom. The lowest BCUT2D eigenvalue weighted by Crippen LogP contribution is -2.12. The van der Waals surface area contributed by atoms with Gasteiger partial charge in [-0.15, -0.1) is 0 Å². The first-order valence-electron chi connectivity index (χ1n) is 7.04. The van der Waals surface area contributed by atoms with Crippen molar-refractivity contribution in [2.45, 2.75) is 12.3 Å². The molecule has 1 aliphatic heterocycles. The first-order chi connectivity index (χ1) is 10.8. The lowest BCUT2D eigenvalue weighted by molar-refractivity contribution is 0.112. The summed E-state index contributed by atoms with van der Waals surface area (Å²) in [6, 6.07) is 14.1. The standard InChI is InChI=1S/C17H16INO2S/c1-21-15-7-5-12(6-8-15)9-14-10-19(22-18)16-4-2-3-13(11-20)17(14)16/h2-8,11,14H,9-10H2,1H3/t14-/m0/s1. The Labute approximate surface area is 146 Å². The minimum Gasteiger partial charge on any atom is -0.497 e. The third-order valence-electron chi connectivity index (χ3n) is 4.03. The van der Waals surface area contributed by atoms with E-state index in [4.69, 9.17) is 4.74 Å². The van der Waals surface area contributed by atoms with Gasteiger partial charge in [0, 0.05) is 48.4 Å². The van der Waals surface area contributed by atoms with E-state index in [2.05, 4.69) is 43.7 Å². The number of nitrogens with zero attached hydrogens (tertiary/aromatic N) is 1. The van der Waals surface area contributed by atoms with Crippen molar-refractivity contribution in [3.8, 4) is 5.75 Å². The maximum absolute atomic E-state index is 11.4. The highest BCUT2D eigenvalue weighted by Gasteiger charge is 2.31. The lowest BCUT2D eigenvalue weighted by Gasteiger charge is -2.14. The number of fused-ring (bicyclic) bond motifs is 1. The summed E-state index contributed by atoms with van der Waals surface area (Å²) in [6.07, 6.45) is 1.90. The molecule has 0 saturated carbocycles. The molecule has 0 N–H and O–H groups in total. The number of halogens is 1. The molecule has 0 bridgehead atoms. The van der Waals surface area contributed by atoms with E-state index in [9.17, 15) is 4.79 Å². The Bertz CT molecular complexity index is 675. The number of aldehydes is 1. The predicted molar refractivity (Wildman–Crippen MR) is 100 cm³/mol. The second-order valence-electron chi connectivity index (χ2n) is 5.28. The van der Waals surface area contributed by atoms with E-state index in [1.807, 2.05) is 24.3 Å². The van der Waals surface area contributed by atoms with Crippen molar-refractivity contribution >= 4 is 42.3 Å². The molecule has 0 amide bonds. The largest absolute Gasteiger partial charge is 0.497 e. The summed E-state index contributed by atoms with van der Waals surface area (Å²) in [4.78, 5) is 11.4. The van der Waals surface area contributed by atoms with Crippen molar-refractivity contribution < 1.29 is 9.53 Å². The number of carbonyl (C=O) groups excluding carboxylic acids is 1. The maximum atomic E-state index is 11.4. The zero-order valence-electron chi connectivity index (χ0n) is 12.2. The van der Waals surface area contributed by atoms with Crippen molar-refractivity contribution in [2.24, 2.45) is 0 Å². The number of rotatable bonds is 5. The smallest absolute Gasteiger partial charge is 0.150 e. The van der Waals surface area contributed by atoms with Crippen molar-refractivity contribution in [1.29, 1.82) is 0 Å². The normalized spacial score (nSPS) is 16.5. The van der Waals surface area contributed by atoms with Crippen LogP contribution in [0, 0.1) is 0 Å². The van der Waals surface area contributed by atoms with Crippen LogP contribution in [0.4, 0.5) is 5.69 Å². The summed E-state index contributed by atoms with van der Waals surface area (Å²) in [5.41, 5.74) is 4.42. The van der Waals surface area contributed by atoms with E-state index in [-0.39, 0.29) is 0 Å². The topological polar surface area (TPSA) is 29.5 Å². The number of carbonyl (C=O) groups is 1. The molecule has 0 unspecified atom stereocenters. The summed E-state index contributed by atoms with van der Waals surface area (Å²) in [6.45, 7) is 0.930. The lowest BCUT2D eigenvalue weighted by atomic mass is 9.91. The molecule has 3 rings (SSSR count). The van der Waals surface area contributed by atoms with Crippen LogP contribution in [0.2, 0.25) is 0 Å². The van der Waals surface area contributed by atoms with Gasteiger partial charge in [0.2, 0.25) is 0 Å². The van der Waals surface area contributed by atoms with Gasteiger partial charge in [0.1, 0.15) is 12.0 Å². The monoisotopic (exact) mass is 425 g/mol. The van der Waals surface area contributed by atoms with Crippen LogP contribution < -0.4 is 9.04 Å². The SMILES string of the molecule is COc1ccc(C[C@H]2CN(SI)c3cccc(C=O)c32)cc1. The summed E-state index contributed by atoms with van der Waals surface area (Å²) >= 11 is 2.30. The number of methoxy groups -OCH3 is 1. The maximum Gasteiger partial charge on any atom is 0.150 e. The van der Waals surface area contributed by atoms with Crippen molar-refractivity contribution in [1.82, 2.24) is 0 Å². The Kier molecular flexibility index (Phi) is 4.93. The number of anilines is 1. The molecule has 22 heavy (non-hydrogen) atoms. The van der Waals surface area contributed by atoms with Crippen LogP contribution in [0.1, 0.15) is 27.4 Å². The van der Waals surface area contributed by atoms with Crippen molar-refractivity contribution in [3.63, 3.8) is 0 Å². The summed E-state index contributed by atoms with van der Waals surface area (Å²) in [5, 5.41) is 0. The number of benzene rings is 2. The van der Waals surface area contributed by atoms with E-state index < -0.39 is 0 Å². The van der Waals surface area contributed by atoms with Gasteiger partial charge in [0.25, 0.3) is 0 Å². The average Bonchev–Trinajstić information content (AvgIpc) is 2.93. The van der Waals surface area contributed by atoms with Gasteiger partial charge in [0.05, 0.1) is 12.8 Å². The fraction of sp³-hybridized carbons (Fsp3) is 0.235. The van der Waals surface area contributed by atoms with Gasteiger partial charge in [-0.3, -0.25) is 4.79 Å². The predicted octanol–water partition coefficient (Wildman–Crippen LogP) is 4.65. The van der Waals surface area contributed by atoms with Gasteiger partial charge in [-0.05, 0) is 35.7 Å². The number of hydrogen-bond donors (Lipinski definition) is 0. The Morgan fingerprint density at radius 1 is 1.32 bits per heavy atom. The van der Waals surface area contributed by atoms with Gasteiger partial charge in [0.15, 0.2) is 0 Å². The van der Waals surface area contributed by atoms with Crippen molar-refractivity contribution in [3.05, 3.63) is 59.2 Å². The van der Waals surface area contributed by atoms with Crippen LogP contribution in [0.15, 0.2) is 42.5 Å². The van der Waals surface area contributed by atoms with Crippen molar-refractivity contribution in [2.75, 3.05) is 18.0 Å². The highest BCUT2D eigenvalue weighted by Crippen LogP contribution is 2.44. The molecule has 1 atom stereocenters. The zero-order valence-corrected chi connectivity index (χ0v) is 15.1. The highest BCUT2D eigenvalue weighted by molar-refractivity contribution is 14.2. The van der Waals surface area contributed by atoms with Crippen LogP contribution in [0.5, 0.6) is 5.75 Å². The molecule has 0 spiro atoms. The minimum atomic E-state index is 0.340.